The Morgan fingerprint density at radius 2 is 0.878 bits per heavy atom. The van der Waals surface area contributed by atoms with Crippen molar-refractivity contribution in [2.75, 3.05) is 0 Å². The van der Waals surface area contributed by atoms with E-state index < -0.39 is 5.41 Å². The van der Waals surface area contributed by atoms with Gasteiger partial charge in [0.05, 0.1) is 16.8 Å². The van der Waals surface area contributed by atoms with Gasteiger partial charge >= 0.3 is 0 Å². The van der Waals surface area contributed by atoms with Gasteiger partial charge in [-0.1, -0.05) is 218 Å². The van der Waals surface area contributed by atoms with Crippen molar-refractivity contribution in [2.45, 2.75) is 17.8 Å². The van der Waals surface area contributed by atoms with E-state index in [-0.39, 0.29) is 5.92 Å². The Bertz CT molecular complexity index is 4220. The van der Waals surface area contributed by atoms with Crippen molar-refractivity contribution >= 4 is 21.9 Å². The number of hydrogen-bond donors (Lipinski definition) is 0. The van der Waals surface area contributed by atoms with Crippen LogP contribution in [0.25, 0.3) is 111 Å². The molecule has 74 heavy (non-hydrogen) atoms. The maximum Gasteiger partial charge on any atom is 0.143 e. The molecule has 1 spiro atoms. The fourth-order valence-electron chi connectivity index (χ4n) is 12.7. The van der Waals surface area contributed by atoms with E-state index in [1.54, 1.807) is 0 Å². The van der Waals surface area contributed by atoms with E-state index in [4.69, 9.17) is 9.40 Å². The number of rotatable bonds is 7. The molecular weight excluding hydrogens is 895 g/mol. The average Bonchev–Trinajstić information content (AvgIpc) is 4.22. The number of hydrogen-bond acceptors (Lipinski definition) is 2. The summed E-state index contributed by atoms with van der Waals surface area (Å²) in [6.07, 6.45) is 9.91. The normalized spacial score (nSPS) is 15.9. The highest BCUT2D eigenvalue weighted by atomic mass is 16.3. The van der Waals surface area contributed by atoms with Gasteiger partial charge in [-0.2, -0.15) is 0 Å². The molecule has 0 N–H and O–H groups in total. The predicted molar refractivity (Wildman–Crippen MR) is 306 cm³/mol. The van der Waals surface area contributed by atoms with Crippen molar-refractivity contribution in [3.05, 3.63) is 295 Å². The van der Waals surface area contributed by atoms with E-state index in [1.807, 2.05) is 0 Å². The van der Waals surface area contributed by atoms with Crippen molar-refractivity contribution in [1.29, 1.82) is 0 Å². The summed E-state index contributed by atoms with van der Waals surface area (Å²) in [5, 5.41) is 2.28. The Morgan fingerprint density at radius 3 is 1.53 bits per heavy atom. The molecule has 2 nitrogen and oxygen atoms in total. The number of fused-ring (bicyclic) bond motifs is 14. The summed E-state index contributed by atoms with van der Waals surface area (Å²) in [6.45, 7) is 0. The van der Waals surface area contributed by atoms with E-state index in [1.165, 1.54) is 66.8 Å². The minimum Gasteiger partial charge on any atom is -0.455 e. The number of para-hydroxylation sites is 1. The van der Waals surface area contributed by atoms with Gasteiger partial charge in [-0.3, -0.25) is 0 Å². The molecule has 0 saturated carbocycles. The first-order valence-electron chi connectivity index (χ1n) is 25.8. The van der Waals surface area contributed by atoms with Gasteiger partial charge in [-0.25, -0.2) is 4.98 Å². The van der Waals surface area contributed by atoms with Crippen LogP contribution >= 0.6 is 0 Å². The van der Waals surface area contributed by atoms with Gasteiger partial charge < -0.3 is 4.42 Å². The van der Waals surface area contributed by atoms with Gasteiger partial charge in [0, 0.05) is 33.4 Å². The van der Waals surface area contributed by atoms with Crippen LogP contribution in [-0.4, -0.2) is 4.98 Å². The number of furan rings is 1. The third-order valence-electron chi connectivity index (χ3n) is 16.0. The fraction of sp³-hybridized carbons (Fsp3) is 0.0417. The largest absolute Gasteiger partial charge is 0.455 e. The second-order valence-corrected chi connectivity index (χ2v) is 20.1. The molecule has 2 atom stereocenters. The van der Waals surface area contributed by atoms with Crippen LogP contribution in [-0.2, 0) is 5.41 Å². The van der Waals surface area contributed by atoms with Gasteiger partial charge in [-0.15, -0.1) is 0 Å². The lowest BCUT2D eigenvalue weighted by Crippen LogP contribution is -2.25. The Hall–Kier alpha value is -9.37. The molecular formula is C72H47NO. The van der Waals surface area contributed by atoms with Gasteiger partial charge in [0.1, 0.15) is 11.2 Å². The number of aromatic nitrogens is 1. The van der Waals surface area contributed by atoms with E-state index in [0.29, 0.717) is 0 Å². The van der Waals surface area contributed by atoms with E-state index >= 15 is 0 Å². The van der Waals surface area contributed by atoms with E-state index in [9.17, 15) is 0 Å². The fourth-order valence-corrected chi connectivity index (χ4v) is 12.7. The van der Waals surface area contributed by atoms with Crippen LogP contribution < -0.4 is 0 Å². The summed E-state index contributed by atoms with van der Waals surface area (Å²) in [4.78, 5) is 5.76. The van der Waals surface area contributed by atoms with Gasteiger partial charge in [-0.05, 0) is 144 Å². The molecule has 12 aromatic rings. The smallest absolute Gasteiger partial charge is 0.143 e. The van der Waals surface area contributed by atoms with Gasteiger partial charge in [0.25, 0.3) is 0 Å². The zero-order valence-electron chi connectivity index (χ0n) is 40.5. The first-order valence-corrected chi connectivity index (χ1v) is 25.8. The second-order valence-electron chi connectivity index (χ2n) is 20.1. The van der Waals surface area contributed by atoms with Crippen LogP contribution in [0.2, 0.25) is 0 Å². The summed E-state index contributed by atoms with van der Waals surface area (Å²) in [5.41, 5.74) is 25.8. The summed E-state index contributed by atoms with van der Waals surface area (Å²) in [6, 6.07) is 89.3. The highest BCUT2D eigenvalue weighted by Crippen LogP contribution is 2.65. The number of nitrogens with zero attached hydrogens (tertiary/aromatic N) is 1. The number of pyridine rings is 1. The summed E-state index contributed by atoms with van der Waals surface area (Å²) in [5.74, 6) is 0.254. The van der Waals surface area contributed by atoms with E-state index in [2.05, 4.69) is 267 Å². The lowest BCUT2D eigenvalue weighted by atomic mass is 9.70. The molecule has 10 aromatic carbocycles. The van der Waals surface area contributed by atoms with Gasteiger partial charge in [0.2, 0.25) is 0 Å². The third-order valence-corrected chi connectivity index (χ3v) is 16.0. The standard InChI is InChI=1S/C72H47NO/c1-5-20-46(21-6-1)50-38-51(47-22-7-2-8-23-47)41-55(40-50)66-44-54(45-67(73-66)56-42-52(48-24-9-3-10-25-48)39-53(43-56)49-26-11-4-12-27-49)57-31-19-34-64-69(57)60-29-13-16-32-62(60)72(64)63-33-17-14-30-61(63)70-65(72)37-36-59-58-28-15-18-35-68(58)74-71(59)70/h1-26,28-45,49H,27H2. The van der Waals surface area contributed by atoms with Crippen LogP contribution in [0.3, 0.4) is 0 Å². The first-order chi connectivity index (χ1) is 36.7. The molecule has 0 saturated heterocycles. The Labute approximate surface area is 430 Å². The number of allylic oxidation sites excluding steroid dienone is 4. The van der Waals surface area contributed by atoms with Crippen molar-refractivity contribution < 1.29 is 4.42 Å². The maximum absolute atomic E-state index is 6.88. The topological polar surface area (TPSA) is 26.0 Å². The summed E-state index contributed by atoms with van der Waals surface area (Å²) < 4.78 is 6.88. The van der Waals surface area contributed by atoms with Crippen LogP contribution in [0.4, 0.5) is 0 Å². The first kappa shape index (κ1) is 42.3. The molecule has 0 bridgehead atoms. The zero-order chi connectivity index (χ0) is 48.7. The van der Waals surface area contributed by atoms with Gasteiger partial charge in [0.15, 0.2) is 0 Å². The van der Waals surface area contributed by atoms with Crippen LogP contribution in [0.1, 0.15) is 40.2 Å². The molecule has 0 aliphatic heterocycles. The molecule has 2 heteroatoms. The molecule has 3 aliphatic carbocycles. The lowest BCUT2D eigenvalue weighted by Gasteiger charge is -2.30. The molecule has 0 amide bonds. The highest BCUT2D eigenvalue weighted by Gasteiger charge is 2.53. The second kappa shape index (κ2) is 16.9. The average molecular weight is 942 g/mol. The van der Waals surface area contributed by atoms with Crippen molar-refractivity contribution in [3.8, 4) is 89.3 Å². The zero-order valence-corrected chi connectivity index (χ0v) is 40.5. The van der Waals surface area contributed by atoms with Crippen molar-refractivity contribution in [3.63, 3.8) is 0 Å². The molecule has 2 aromatic heterocycles. The SMILES string of the molecule is C1=CCC(c2cc(-c3ccccc3)cc(-c3cc(-c4cccc5c4-c4ccccc4C54c5ccccc5-c5c4ccc4c5oc5ccccc54)cc(-c4cc(-c5ccccc5)cc(-c5ccccc5)c4)n3)c2)C=C1. The maximum atomic E-state index is 6.88. The molecule has 15 rings (SSSR count). The van der Waals surface area contributed by atoms with Crippen LogP contribution in [0.15, 0.2) is 271 Å². The molecule has 346 valence electrons. The molecule has 0 radical (unpaired) electrons. The Kier molecular flexibility index (Phi) is 9.65. The Morgan fingerprint density at radius 1 is 0.365 bits per heavy atom. The monoisotopic (exact) mass is 941 g/mol. The minimum atomic E-state index is -0.574. The lowest BCUT2D eigenvalue weighted by molar-refractivity contribution is 0.669. The van der Waals surface area contributed by atoms with Crippen LogP contribution in [0.5, 0.6) is 0 Å². The highest BCUT2D eigenvalue weighted by molar-refractivity contribution is 6.13. The third kappa shape index (κ3) is 6.55. The molecule has 3 aliphatic rings. The minimum absolute atomic E-state index is 0.254. The quantitative estimate of drug-likeness (QED) is 0.159. The molecule has 2 unspecified atom stereocenters. The Balaban J connectivity index is 1.01. The van der Waals surface area contributed by atoms with Crippen molar-refractivity contribution in [2.24, 2.45) is 0 Å². The summed E-state index contributed by atoms with van der Waals surface area (Å²) >= 11 is 0. The molecule has 0 fully saturated rings. The summed E-state index contributed by atoms with van der Waals surface area (Å²) in [7, 11) is 0. The molecule has 2 heterocycles. The number of benzene rings is 10. The van der Waals surface area contributed by atoms with E-state index in [0.717, 1.165) is 78.7 Å². The van der Waals surface area contributed by atoms with Crippen molar-refractivity contribution in [1.82, 2.24) is 4.98 Å². The predicted octanol–water partition coefficient (Wildman–Crippen LogP) is 18.9. The van der Waals surface area contributed by atoms with Crippen LogP contribution in [0, 0.1) is 0 Å².